The normalized spacial score (nSPS) is 17.1. The number of halogens is 1. The Hall–Kier alpha value is -1.72. The number of nitrogens with zero attached hydrogens (tertiary/aromatic N) is 6. The molecule has 0 bridgehead atoms. The number of hydrogen-bond donors (Lipinski definition) is 0. The van der Waals surface area contributed by atoms with Crippen molar-refractivity contribution in [1.29, 1.82) is 0 Å². The number of hydrogen-bond acceptors (Lipinski definition) is 5. The summed E-state index contributed by atoms with van der Waals surface area (Å²) in [6.45, 7) is 9.11. The molecule has 1 aliphatic rings. The minimum atomic E-state index is -3.62. The number of aryl methyl sites for hydroxylation is 3. The lowest BCUT2D eigenvalue weighted by Crippen LogP contribution is -2.51. The van der Waals surface area contributed by atoms with E-state index in [-0.39, 0.29) is 23.9 Å². The predicted octanol–water partition coefficient (Wildman–Crippen LogP) is 1.57. The third-order valence-corrected chi connectivity index (χ3v) is 7.78. The Kier molecular flexibility index (Phi) is 5.97. The maximum atomic E-state index is 13.0. The number of aromatic nitrogens is 4. The topological polar surface area (TPSA) is 93.3 Å². The van der Waals surface area contributed by atoms with Gasteiger partial charge in [-0.1, -0.05) is 0 Å². The summed E-state index contributed by atoms with van der Waals surface area (Å²) in [7, 11) is -3.62. The summed E-state index contributed by atoms with van der Waals surface area (Å²) in [6, 6.07) is -0.446. The van der Waals surface area contributed by atoms with E-state index >= 15 is 0 Å². The molecule has 28 heavy (non-hydrogen) atoms. The second-order valence-corrected chi connectivity index (χ2v) is 9.64. The molecular weight excluding hydrogens is 448 g/mol. The van der Waals surface area contributed by atoms with Crippen LogP contribution in [0.5, 0.6) is 0 Å². The molecule has 9 nitrogen and oxygen atoms in total. The lowest BCUT2D eigenvalue weighted by Gasteiger charge is -2.35. The molecule has 0 radical (unpaired) electrons. The minimum Gasteiger partial charge on any atom is -0.338 e. The first-order valence-electron chi connectivity index (χ1n) is 9.19. The third-order valence-electron chi connectivity index (χ3n) is 5.00. The second-order valence-electron chi connectivity index (χ2n) is 6.88. The maximum Gasteiger partial charge on any atom is 0.247 e. The van der Waals surface area contributed by atoms with Crippen molar-refractivity contribution in [3.05, 3.63) is 28.3 Å². The van der Waals surface area contributed by atoms with Crippen molar-refractivity contribution in [2.75, 3.05) is 26.2 Å². The van der Waals surface area contributed by atoms with E-state index in [2.05, 4.69) is 26.1 Å². The van der Waals surface area contributed by atoms with Crippen LogP contribution in [0, 0.1) is 13.8 Å². The van der Waals surface area contributed by atoms with Gasteiger partial charge >= 0.3 is 0 Å². The maximum absolute atomic E-state index is 13.0. The molecule has 11 heteroatoms. The highest BCUT2D eigenvalue weighted by Crippen LogP contribution is 2.22. The Morgan fingerprint density at radius 2 is 1.79 bits per heavy atom. The van der Waals surface area contributed by atoms with Gasteiger partial charge in [-0.25, -0.2) is 8.42 Å². The van der Waals surface area contributed by atoms with E-state index in [0.29, 0.717) is 25.3 Å². The average Bonchev–Trinajstić information content (AvgIpc) is 3.23. The molecule has 2 aromatic rings. The minimum absolute atomic E-state index is 0.0676. The van der Waals surface area contributed by atoms with Crippen LogP contribution < -0.4 is 0 Å². The van der Waals surface area contributed by atoms with Gasteiger partial charge in [0.25, 0.3) is 0 Å². The molecule has 1 unspecified atom stereocenters. The van der Waals surface area contributed by atoms with E-state index in [1.165, 1.54) is 4.31 Å². The van der Waals surface area contributed by atoms with Crippen LogP contribution in [0.4, 0.5) is 0 Å². The molecule has 3 heterocycles. The van der Waals surface area contributed by atoms with Crippen LogP contribution in [0.2, 0.25) is 0 Å². The lowest BCUT2D eigenvalue weighted by atomic mass is 10.2. The Morgan fingerprint density at radius 1 is 1.14 bits per heavy atom. The Labute approximate surface area is 173 Å². The summed E-state index contributed by atoms with van der Waals surface area (Å²) in [6.07, 6.45) is 3.36. The molecule has 3 rings (SSSR count). The SMILES string of the molecule is CCn1cc(S(=O)(=O)N2CCN(C(=O)C(C)n3cc(Br)c(C)n3)CC2)c(C)n1. The third kappa shape index (κ3) is 3.87. The van der Waals surface area contributed by atoms with Crippen molar-refractivity contribution in [3.63, 3.8) is 0 Å². The molecule has 0 aliphatic carbocycles. The predicted molar refractivity (Wildman–Crippen MR) is 107 cm³/mol. The van der Waals surface area contributed by atoms with Crippen molar-refractivity contribution >= 4 is 31.9 Å². The van der Waals surface area contributed by atoms with Crippen LogP contribution in [0.25, 0.3) is 0 Å². The molecule has 1 atom stereocenters. The smallest absolute Gasteiger partial charge is 0.247 e. The molecule has 0 spiro atoms. The molecule has 1 saturated heterocycles. The van der Waals surface area contributed by atoms with Crippen molar-refractivity contribution in [1.82, 2.24) is 28.8 Å². The fourth-order valence-corrected chi connectivity index (χ4v) is 5.12. The highest BCUT2D eigenvalue weighted by molar-refractivity contribution is 9.10. The molecule has 2 aromatic heterocycles. The molecule has 0 aromatic carbocycles. The molecule has 0 N–H and O–H groups in total. The summed E-state index contributed by atoms with van der Waals surface area (Å²) in [5.41, 5.74) is 1.31. The zero-order valence-corrected chi connectivity index (χ0v) is 18.9. The molecule has 1 fully saturated rings. The van der Waals surface area contributed by atoms with Gasteiger partial charge in [-0.2, -0.15) is 14.5 Å². The molecular formula is C17H25BrN6O3S. The van der Waals surface area contributed by atoms with Crippen LogP contribution in [0.3, 0.4) is 0 Å². The van der Waals surface area contributed by atoms with Gasteiger partial charge in [-0.05, 0) is 43.6 Å². The van der Waals surface area contributed by atoms with Gasteiger partial charge in [-0.3, -0.25) is 14.2 Å². The van der Waals surface area contributed by atoms with Crippen molar-refractivity contribution in [2.24, 2.45) is 0 Å². The highest BCUT2D eigenvalue weighted by Gasteiger charge is 2.33. The molecule has 1 amide bonds. The number of carbonyl (C=O) groups is 1. The summed E-state index contributed by atoms with van der Waals surface area (Å²) < 4.78 is 31.5. The Bertz CT molecular complexity index is 956. The van der Waals surface area contributed by atoms with E-state index < -0.39 is 16.1 Å². The van der Waals surface area contributed by atoms with Crippen LogP contribution in [0.15, 0.2) is 21.8 Å². The van der Waals surface area contributed by atoms with Crippen LogP contribution in [-0.4, -0.2) is 69.3 Å². The monoisotopic (exact) mass is 472 g/mol. The fourth-order valence-electron chi connectivity index (χ4n) is 3.24. The number of piperazine rings is 1. The zero-order chi connectivity index (χ0) is 20.6. The average molecular weight is 473 g/mol. The molecule has 154 valence electrons. The number of amides is 1. The fraction of sp³-hybridized carbons (Fsp3) is 0.588. The van der Waals surface area contributed by atoms with Crippen LogP contribution in [0.1, 0.15) is 31.3 Å². The van der Waals surface area contributed by atoms with E-state index in [1.54, 1.807) is 40.5 Å². The molecule has 0 saturated carbocycles. The van der Waals surface area contributed by atoms with Crippen molar-refractivity contribution in [3.8, 4) is 0 Å². The number of sulfonamides is 1. The zero-order valence-electron chi connectivity index (χ0n) is 16.5. The van der Waals surface area contributed by atoms with Gasteiger partial charge < -0.3 is 4.90 Å². The van der Waals surface area contributed by atoms with Crippen molar-refractivity contribution in [2.45, 2.75) is 45.2 Å². The van der Waals surface area contributed by atoms with Gasteiger partial charge in [0.1, 0.15) is 10.9 Å². The quantitative estimate of drug-likeness (QED) is 0.658. The van der Waals surface area contributed by atoms with Gasteiger partial charge in [0.05, 0.1) is 15.9 Å². The van der Waals surface area contributed by atoms with E-state index in [4.69, 9.17) is 0 Å². The lowest BCUT2D eigenvalue weighted by molar-refractivity contribution is -0.135. The van der Waals surface area contributed by atoms with Gasteiger partial charge in [0.2, 0.25) is 15.9 Å². The van der Waals surface area contributed by atoms with E-state index in [1.807, 2.05) is 13.8 Å². The molecule has 1 aliphatic heterocycles. The standard InChI is InChI=1S/C17H25BrN6O3S/c1-5-22-11-16(13(3)19-22)28(26,27)23-8-6-21(7-9-23)17(25)14(4)24-10-15(18)12(2)20-24/h10-11,14H,5-9H2,1-4H3. The van der Waals surface area contributed by atoms with Crippen LogP contribution in [-0.2, 0) is 21.4 Å². The van der Waals surface area contributed by atoms with Crippen LogP contribution >= 0.6 is 15.9 Å². The summed E-state index contributed by atoms with van der Waals surface area (Å²) in [5, 5.41) is 8.58. The summed E-state index contributed by atoms with van der Waals surface area (Å²) >= 11 is 3.41. The van der Waals surface area contributed by atoms with Gasteiger partial charge in [-0.15, -0.1) is 0 Å². The first-order chi connectivity index (χ1) is 13.1. The number of rotatable bonds is 5. The number of carbonyl (C=O) groups excluding carboxylic acids is 1. The first-order valence-corrected chi connectivity index (χ1v) is 11.4. The highest BCUT2D eigenvalue weighted by atomic mass is 79.9. The summed E-state index contributed by atoms with van der Waals surface area (Å²) in [5.74, 6) is -0.0676. The van der Waals surface area contributed by atoms with E-state index in [9.17, 15) is 13.2 Å². The van der Waals surface area contributed by atoms with E-state index in [0.717, 1.165) is 10.2 Å². The Balaban J connectivity index is 1.68. The van der Waals surface area contributed by atoms with Gasteiger partial charge in [0.15, 0.2) is 0 Å². The first kappa shape index (κ1) is 21.0. The second kappa shape index (κ2) is 7.96. The van der Waals surface area contributed by atoms with Gasteiger partial charge in [0, 0.05) is 45.1 Å². The van der Waals surface area contributed by atoms with Crippen molar-refractivity contribution < 1.29 is 13.2 Å². The largest absolute Gasteiger partial charge is 0.338 e. The Morgan fingerprint density at radius 3 is 2.29 bits per heavy atom. The summed E-state index contributed by atoms with van der Waals surface area (Å²) in [4.78, 5) is 14.7.